The number of rotatable bonds is 10. The van der Waals surface area contributed by atoms with Gasteiger partial charge in [-0.3, -0.25) is 9.59 Å². The van der Waals surface area contributed by atoms with Crippen molar-refractivity contribution < 1.29 is 33.3 Å². The number of hydrogen-bond donors (Lipinski definition) is 1. The van der Waals surface area contributed by atoms with Gasteiger partial charge in [-0.1, -0.05) is 61.7 Å². The third-order valence-corrected chi connectivity index (χ3v) is 7.78. The van der Waals surface area contributed by atoms with Crippen LogP contribution in [0.2, 0.25) is 0 Å². The molecule has 2 aliphatic rings. The van der Waals surface area contributed by atoms with Gasteiger partial charge < -0.3 is 33.9 Å². The van der Waals surface area contributed by atoms with Crippen molar-refractivity contribution in [2.24, 2.45) is 0 Å². The number of fused-ring (bicyclic) bond motifs is 1. The number of carbonyl (C=O) groups excluding carboxylic acids is 2. The number of hydrogen-bond acceptors (Lipinski definition) is 7. The van der Waals surface area contributed by atoms with E-state index < -0.39 is 12.1 Å². The van der Waals surface area contributed by atoms with Crippen LogP contribution >= 0.6 is 0 Å². The van der Waals surface area contributed by atoms with Crippen molar-refractivity contribution in [3.05, 3.63) is 77.9 Å². The topological polar surface area (TPSA) is 95.6 Å². The average Bonchev–Trinajstić information content (AvgIpc) is 3.04. The van der Waals surface area contributed by atoms with Gasteiger partial charge >= 0.3 is 0 Å². The quantitative estimate of drug-likeness (QED) is 0.361. The Labute approximate surface area is 246 Å². The summed E-state index contributed by atoms with van der Waals surface area (Å²) in [4.78, 5) is 30.3. The van der Waals surface area contributed by atoms with Crippen LogP contribution < -0.4 is 29.0 Å². The van der Waals surface area contributed by atoms with E-state index in [1.165, 1.54) is 21.3 Å². The number of benzene rings is 3. The molecular formula is C33H38N2O7. The van der Waals surface area contributed by atoms with E-state index >= 15 is 0 Å². The molecule has 0 bridgehead atoms. The first-order valence-electron chi connectivity index (χ1n) is 14.4. The molecule has 1 saturated carbocycles. The Hall–Kier alpha value is -4.40. The molecule has 42 heavy (non-hydrogen) atoms. The lowest BCUT2D eigenvalue weighted by molar-refractivity contribution is -0.149. The summed E-state index contributed by atoms with van der Waals surface area (Å²) >= 11 is 0. The molecule has 0 saturated heterocycles. The SMILES string of the molecule is COc1cc([C@@H](C(=O)NC2CCCCC2)N(Cc2ccccc2)C(=O)[C@@H]2COc3ccccc3O2)cc(OC)c1OC. The Morgan fingerprint density at radius 1 is 0.881 bits per heavy atom. The summed E-state index contributed by atoms with van der Waals surface area (Å²) in [6.07, 6.45) is 4.11. The molecule has 0 spiro atoms. The van der Waals surface area contributed by atoms with E-state index in [9.17, 15) is 9.59 Å². The molecular weight excluding hydrogens is 536 g/mol. The average molecular weight is 575 g/mol. The second kappa shape index (κ2) is 13.5. The fraction of sp³-hybridized carbons (Fsp3) is 0.394. The van der Waals surface area contributed by atoms with E-state index in [1.807, 2.05) is 42.5 Å². The Bertz CT molecular complexity index is 1350. The van der Waals surface area contributed by atoms with Crippen molar-refractivity contribution in [2.45, 2.75) is 56.8 Å². The molecule has 1 aliphatic heterocycles. The first kappa shape index (κ1) is 29.1. The highest BCUT2D eigenvalue weighted by molar-refractivity contribution is 5.91. The van der Waals surface area contributed by atoms with Gasteiger partial charge in [0.2, 0.25) is 17.8 Å². The molecule has 1 N–H and O–H groups in total. The minimum atomic E-state index is -1.02. The number of carbonyl (C=O) groups is 2. The predicted octanol–water partition coefficient (Wildman–Crippen LogP) is 5.07. The van der Waals surface area contributed by atoms with Crippen LogP contribution in [0.15, 0.2) is 66.7 Å². The zero-order chi connectivity index (χ0) is 29.5. The lowest BCUT2D eigenvalue weighted by Gasteiger charge is -2.36. The highest BCUT2D eigenvalue weighted by atomic mass is 16.6. The van der Waals surface area contributed by atoms with Gasteiger partial charge in [0.1, 0.15) is 12.6 Å². The molecule has 0 unspecified atom stereocenters. The fourth-order valence-electron chi connectivity index (χ4n) is 5.66. The summed E-state index contributed by atoms with van der Waals surface area (Å²) in [6, 6.07) is 19.3. The van der Waals surface area contributed by atoms with E-state index in [1.54, 1.807) is 29.2 Å². The Morgan fingerprint density at radius 2 is 1.52 bits per heavy atom. The summed E-state index contributed by atoms with van der Waals surface area (Å²) in [5, 5.41) is 3.24. The minimum absolute atomic E-state index is 0.0212. The molecule has 3 aromatic carbocycles. The van der Waals surface area contributed by atoms with Gasteiger partial charge in [-0.2, -0.15) is 0 Å². The van der Waals surface area contributed by atoms with Crippen LogP contribution in [-0.2, 0) is 16.1 Å². The van der Waals surface area contributed by atoms with Crippen molar-refractivity contribution in [3.8, 4) is 28.7 Å². The van der Waals surface area contributed by atoms with E-state index in [-0.39, 0.29) is 31.0 Å². The highest BCUT2D eigenvalue weighted by Crippen LogP contribution is 2.41. The zero-order valence-corrected chi connectivity index (χ0v) is 24.3. The van der Waals surface area contributed by atoms with Crippen molar-refractivity contribution in [3.63, 3.8) is 0 Å². The van der Waals surface area contributed by atoms with E-state index in [0.717, 1.165) is 37.7 Å². The fourth-order valence-corrected chi connectivity index (χ4v) is 5.66. The Morgan fingerprint density at radius 3 is 2.17 bits per heavy atom. The number of amides is 2. The van der Waals surface area contributed by atoms with Crippen molar-refractivity contribution in [1.82, 2.24) is 10.2 Å². The molecule has 9 heteroatoms. The van der Waals surface area contributed by atoms with Crippen LogP contribution in [0.25, 0.3) is 0 Å². The standard InChI is InChI=1S/C33H38N2O7/c1-38-27-18-23(19-28(39-2)31(27)40-3)30(32(36)34-24-14-8-5-9-15-24)35(20-22-12-6-4-7-13-22)33(37)29-21-41-25-16-10-11-17-26(25)42-29/h4,6-7,10-13,16-19,24,29-30H,5,8-9,14-15,20-21H2,1-3H3,(H,34,36)/t29-,30-/m0/s1. The molecule has 9 nitrogen and oxygen atoms in total. The van der Waals surface area contributed by atoms with Gasteiger partial charge in [0.15, 0.2) is 23.0 Å². The first-order chi connectivity index (χ1) is 20.5. The van der Waals surface area contributed by atoms with Crippen LogP contribution in [0, 0.1) is 0 Å². The van der Waals surface area contributed by atoms with Crippen LogP contribution in [-0.4, -0.2) is 56.8 Å². The molecule has 3 aromatic rings. The first-order valence-corrected chi connectivity index (χ1v) is 14.4. The molecule has 1 heterocycles. The highest BCUT2D eigenvalue weighted by Gasteiger charge is 2.39. The van der Waals surface area contributed by atoms with Crippen LogP contribution in [0.4, 0.5) is 0 Å². The molecule has 0 aromatic heterocycles. The summed E-state index contributed by atoms with van der Waals surface area (Å²) in [6.45, 7) is 0.188. The number of nitrogens with one attached hydrogen (secondary N) is 1. The molecule has 2 amide bonds. The van der Waals surface area contributed by atoms with Crippen LogP contribution in [0.3, 0.4) is 0 Å². The largest absolute Gasteiger partial charge is 0.493 e. The summed E-state index contributed by atoms with van der Waals surface area (Å²) in [7, 11) is 4.57. The Kier molecular flexibility index (Phi) is 9.36. The summed E-state index contributed by atoms with van der Waals surface area (Å²) < 4.78 is 28.8. The van der Waals surface area contributed by atoms with E-state index in [4.69, 9.17) is 23.7 Å². The molecule has 1 fully saturated rings. The molecule has 0 radical (unpaired) electrons. The smallest absolute Gasteiger partial charge is 0.268 e. The molecule has 5 rings (SSSR count). The molecule has 1 aliphatic carbocycles. The Balaban J connectivity index is 1.58. The maximum atomic E-state index is 14.4. The van der Waals surface area contributed by atoms with Crippen molar-refractivity contribution in [1.29, 1.82) is 0 Å². The van der Waals surface area contributed by atoms with Gasteiger partial charge in [-0.25, -0.2) is 0 Å². The predicted molar refractivity (Wildman–Crippen MR) is 157 cm³/mol. The number of methoxy groups -OCH3 is 3. The summed E-state index contributed by atoms with van der Waals surface area (Å²) in [5.41, 5.74) is 1.39. The molecule has 2 atom stereocenters. The third-order valence-electron chi connectivity index (χ3n) is 7.78. The van der Waals surface area contributed by atoms with Gasteiger partial charge in [0.25, 0.3) is 5.91 Å². The molecule has 222 valence electrons. The maximum Gasteiger partial charge on any atom is 0.268 e. The second-order valence-electron chi connectivity index (χ2n) is 10.5. The second-order valence-corrected chi connectivity index (χ2v) is 10.5. The lowest BCUT2D eigenvalue weighted by Crippen LogP contribution is -2.52. The minimum Gasteiger partial charge on any atom is -0.493 e. The zero-order valence-electron chi connectivity index (χ0n) is 24.3. The van der Waals surface area contributed by atoms with Gasteiger partial charge in [-0.05, 0) is 48.2 Å². The number of para-hydroxylation sites is 2. The summed E-state index contributed by atoms with van der Waals surface area (Å²) in [5.74, 6) is 1.59. The van der Waals surface area contributed by atoms with Crippen molar-refractivity contribution >= 4 is 11.8 Å². The normalized spacial score (nSPS) is 17.1. The van der Waals surface area contributed by atoms with E-state index in [2.05, 4.69) is 5.32 Å². The lowest BCUT2D eigenvalue weighted by atomic mass is 9.94. The van der Waals surface area contributed by atoms with Crippen LogP contribution in [0.5, 0.6) is 28.7 Å². The maximum absolute atomic E-state index is 14.4. The van der Waals surface area contributed by atoms with Crippen molar-refractivity contribution in [2.75, 3.05) is 27.9 Å². The number of ether oxygens (including phenoxy) is 5. The van der Waals surface area contributed by atoms with Gasteiger partial charge in [0, 0.05) is 12.6 Å². The number of nitrogens with zero attached hydrogens (tertiary/aromatic N) is 1. The third kappa shape index (κ3) is 6.40. The monoisotopic (exact) mass is 574 g/mol. The van der Waals surface area contributed by atoms with Crippen LogP contribution in [0.1, 0.15) is 49.3 Å². The van der Waals surface area contributed by atoms with E-state index in [0.29, 0.717) is 34.3 Å². The van der Waals surface area contributed by atoms with Gasteiger partial charge in [-0.15, -0.1) is 0 Å². The van der Waals surface area contributed by atoms with Gasteiger partial charge in [0.05, 0.1) is 21.3 Å².